The zero-order valence-corrected chi connectivity index (χ0v) is 17.4. The zero-order chi connectivity index (χ0) is 20.9. The molecule has 0 N–H and O–H groups in total. The van der Waals surface area contributed by atoms with E-state index >= 15 is 0 Å². The third-order valence-electron chi connectivity index (χ3n) is 4.07. The van der Waals surface area contributed by atoms with Crippen molar-refractivity contribution in [3.63, 3.8) is 0 Å². The molecule has 0 fully saturated rings. The Morgan fingerprint density at radius 2 is 1.90 bits per heavy atom. The van der Waals surface area contributed by atoms with Crippen molar-refractivity contribution >= 4 is 29.3 Å². The molecule has 152 valence electrons. The highest BCUT2D eigenvalue weighted by Crippen LogP contribution is 2.27. The summed E-state index contributed by atoms with van der Waals surface area (Å²) < 4.78 is 15.8. The van der Waals surface area contributed by atoms with Crippen LogP contribution < -0.4 is 0 Å². The van der Waals surface area contributed by atoms with Crippen LogP contribution in [0.5, 0.6) is 0 Å². The van der Waals surface area contributed by atoms with Crippen molar-refractivity contribution in [3.05, 3.63) is 82.7 Å². The first-order valence-electron chi connectivity index (χ1n) is 8.98. The molecule has 0 bridgehead atoms. The summed E-state index contributed by atoms with van der Waals surface area (Å²) in [7, 11) is 0. The molecule has 0 spiro atoms. The number of esters is 1. The molecule has 30 heavy (non-hydrogen) atoms. The Morgan fingerprint density at radius 1 is 1.10 bits per heavy atom. The summed E-state index contributed by atoms with van der Waals surface area (Å²) in [6, 6.07) is 16.2. The van der Waals surface area contributed by atoms with Crippen LogP contribution in [0.2, 0.25) is 5.02 Å². The van der Waals surface area contributed by atoms with E-state index in [0.717, 1.165) is 10.5 Å². The number of rotatable bonds is 7. The Labute approximate surface area is 181 Å². The largest absolute Gasteiger partial charge is 0.454 e. The Kier molecular flexibility index (Phi) is 6.15. The lowest BCUT2D eigenvalue weighted by molar-refractivity contribution is 0.0433. The topological polar surface area (TPSA) is 91.2 Å². The molecule has 0 unspecified atom stereocenters. The molecule has 7 nitrogen and oxygen atoms in total. The van der Waals surface area contributed by atoms with Crippen LogP contribution in [-0.2, 0) is 17.1 Å². The number of aryl methyl sites for hydroxylation is 1. The van der Waals surface area contributed by atoms with Gasteiger partial charge in [-0.25, -0.2) is 4.79 Å². The monoisotopic (exact) mass is 441 g/mol. The fourth-order valence-electron chi connectivity index (χ4n) is 2.65. The summed E-state index contributed by atoms with van der Waals surface area (Å²) >= 11 is 7.33. The van der Waals surface area contributed by atoms with Gasteiger partial charge in [0.1, 0.15) is 5.69 Å². The summed E-state index contributed by atoms with van der Waals surface area (Å²) in [5.41, 5.74) is 1.96. The van der Waals surface area contributed by atoms with Gasteiger partial charge in [0, 0.05) is 21.5 Å². The van der Waals surface area contributed by atoms with Gasteiger partial charge < -0.3 is 13.8 Å². The van der Waals surface area contributed by atoms with Crippen molar-refractivity contribution in [3.8, 4) is 11.3 Å². The molecule has 0 aliphatic rings. The maximum atomic E-state index is 12.6. The smallest absolute Gasteiger partial charge is 0.339 e. The molecule has 2 aromatic carbocycles. The normalized spacial score (nSPS) is 10.9. The second-order valence-corrected chi connectivity index (χ2v) is 7.74. The summed E-state index contributed by atoms with van der Waals surface area (Å²) in [6.45, 7) is 1.73. The zero-order valence-electron chi connectivity index (χ0n) is 15.9. The lowest BCUT2D eigenvalue weighted by Gasteiger charge is -2.07. The van der Waals surface area contributed by atoms with Crippen LogP contribution in [0.25, 0.3) is 11.3 Å². The van der Waals surface area contributed by atoms with E-state index in [1.54, 1.807) is 37.3 Å². The first-order chi connectivity index (χ1) is 14.6. The Balaban J connectivity index is 1.39. The van der Waals surface area contributed by atoms with E-state index in [0.29, 0.717) is 39.5 Å². The SMILES string of the molecule is Cc1noc(CSc2ccccc2C(=O)OCc2cc(-c3ccc(Cl)cc3)no2)n1. The van der Waals surface area contributed by atoms with Gasteiger partial charge in [-0.3, -0.25) is 0 Å². The molecule has 2 heterocycles. The van der Waals surface area contributed by atoms with E-state index in [9.17, 15) is 4.79 Å². The molecule has 4 aromatic rings. The predicted octanol–water partition coefficient (Wildman–Crippen LogP) is 5.34. The number of hydrogen-bond donors (Lipinski definition) is 0. The molecule has 9 heteroatoms. The Bertz CT molecular complexity index is 1160. The maximum Gasteiger partial charge on any atom is 0.339 e. The van der Waals surface area contributed by atoms with E-state index in [-0.39, 0.29) is 6.61 Å². The molecule has 0 radical (unpaired) electrons. The number of hydrogen-bond acceptors (Lipinski definition) is 8. The van der Waals surface area contributed by atoms with Gasteiger partial charge in [-0.2, -0.15) is 4.98 Å². The fraction of sp³-hybridized carbons (Fsp3) is 0.143. The number of ether oxygens (including phenoxy) is 1. The van der Waals surface area contributed by atoms with Crippen molar-refractivity contribution < 1.29 is 18.6 Å². The minimum atomic E-state index is -0.454. The summed E-state index contributed by atoms with van der Waals surface area (Å²) in [5, 5.41) is 8.42. The average molecular weight is 442 g/mol. The molecule has 0 aliphatic carbocycles. The Hall–Kier alpha value is -3.10. The number of nitrogens with zero attached hydrogens (tertiary/aromatic N) is 3. The lowest BCUT2D eigenvalue weighted by atomic mass is 10.1. The predicted molar refractivity (Wildman–Crippen MR) is 111 cm³/mol. The van der Waals surface area contributed by atoms with E-state index in [4.69, 9.17) is 25.4 Å². The maximum absolute atomic E-state index is 12.6. The minimum absolute atomic E-state index is 0.0265. The van der Waals surface area contributed by atoms with E-state index in [2.05, 4.69) is 15.3 Å². The number of halogens is 1. The molecule has 0 amide bonds. The molecule has 0 saturated carbocycles. The lowest BCUT2D eigenvalue weighted by Crippen LogP contribution is -2.06. The molecule has 0 saturated heterocycles. The fourth-order valence-corrected chi connectivity index (χ4v) is 3.66. The van der Waals surface area contributed by atoms with Crippen molar-refractivity contribution in [2.24, 2.45) is 0 Å². The van der Waals surface area contributed by atoms with E-state index in [1.807, 2.05) is 24.3 Å². The quantitative estimate of drug-likeness (QED) is 0.280. The molecule has 0 atom stereocenters. The minimum Gasteiger partial charge on any atom is -0.454 e. The van der Waals surface area contributed by atoms with Crippen molar-refractivity contribution in [1.29, 1.82) is 0 Å². The second-order valence-electron chi connectivity index (χ2n) is 6.28. The number of thioether (sulfide) groups is 1. The first-order valence-corrected chi connectivity index (χ1v) is 10.3. The van der Waals surface area contributed by atoms with Crippen LogP contribution in [0.3, 0.4) is 0 Å². The second kappa shape index (κ2) is 9.15. The van der Waals surface area contributed by atoms with Crippen molar-refractivity contribution in [2.75, 3.05) is 0 Å². The van der Waals surface area contributed by atoms with Gasteiger partial charge in [-0.15, -0.1) is 11.8 Å². The number of carbonyl (C=O) groups is 1. The van der Waals surface area contributed by atoms with Crippen LogP contribution in [0.15, 0.2) is 68.5 Å². The molecular weight excluding hydrogens is 426 g/mol. The van der Waals surface area contributed by atoms with Gasteiger partial charge in [-0.05, 0) is 31.2 Å². The first kappa shape index (κ1) is 20.2. The molecule has 0 aliphatic heterocycles. The average Bonchev–Trinajstić information content (AvgIpc) is 3.40. The number of carbonyl (C=O) groups excluding carboxylic acids is 1. The molecular formula is C21H16ClN3O4S. The molecule has 4 rings (SSSR count). The highest BCUT2D eigenvalue weighted by molar-refractivity contribution is 7.98. The highest BCUT2D eigenvalue weighted by atomic mass is 35.5. The Morgan fingerprint density at radius 3 is 2.67 bits per heavy atom. The van der Waals surface area contributed by atoms with Crippen molar-refractivity contribution in [1.82, 2.24) is 15.3 Å². The van der Waals surface area contributed by atoms with Crippen LogP contribution in [-0.4, -0.2) is 21.3 Å². The van der Waals surface area contributed by atoms with Gasteiger partial charge in [0.15, 0.2) is 18.2 Å². The number of benzene rings is 2. The van der Waals surface area contributed by atoms with Crippen LogP contribution in [0.1, 0.15) is 27.8 Å². The highest BCUT2D eigenvalue weighted by Gasteiger charge is 2.16. The molecule has 2 aromatic heterocycles. The van der Waals surface area contributed by atoms with Crippen LogP contribution in [0, 0.1) is 6.92 Å². The van der Waals surface area contributed by atoms with Gasteiger partial charge in [0.25, 0.3) is 0 Å². The van der Waals surface area contributed by atoms with Crippen molar-refractivity contribution in [2.45, 2.75) is 24.2 Å². The van der Waals surface area contributed by atoms with Gasteiger partial charge >= 0.3 is 5.97 Å². The summed E-state index contributed by atoms with van der Waals surface area (Å²) in [5.74, 6) is 1.52. The van der Waals surface area contributed by atoms with Gasteiger partial charge in [-0.1, -0.05) is 46.2 Å². The summed E-state index contributed by atoms with van der Waals surface area (Å²) in [6.07, 6.45) is 0. The summed E-state index contributed by atoms with van der Waals surface area (Å²) in [4.78, 5) is 17.5. The van der Waals surface area contributed by atoms with E-state index < -0.39 is 5.97 Å². The number of aromatic nitrogens is 3. The van der Waals surface area contributed by atoms with Gasteiger partial charge in [0.05, 0.1) is 11.3 Å². The third kappa shape index (κ3) is 4.90. The van der Waals surface area contributed by atoms with Crippen LogP contribution in [0.4, 0.5) is 0 Å². The van der Waals surface area contributed by atoms with Crippen LogP contribution >= 0.6 is 23.4 Å². The third-order valence-corrected chi connectivity index (χ3v) is 5.38. The van der Waals surface area contributed by atoms with E-state index in [1.165, 1.54) is 11.8 Å². The van der Waals surface area contributed by atoms with Gasteiger partial charge in [0.2, 0.25) is 5.89 Å². The standard InChI is InChI=1S/C21H16ClN3O4S/c1-13-23-20(29-24-13)12-30-19-5-3-2-4-17(19)21(26)27-11-16-10-18(25-28-16)14-6-8-15(22)9-7-14/h2-10H,11-12H2,1H3.